The molecule has 0 unspecified atom stereocenters. The molecule has 0 radical (unpaired) electrons. The van der Waals surface area contributed by atoms with Crippen molar-refractivity contribution in [2.24, 2.45) is 0 Å². The predicted octanol–water partition coefficient (Wildman–Crippen LogP) is 2.67. The second kappa shape index (κ2) is 3.54. The molecule has 0 aliphatic heterocycles. The number of hydrogen-bond acceptors (Lipinski definition) is 3. The van der Waals surface area contributed by atoms with E-state index in [4.69, 9.17) is 0 Å². The monoisotopic (exact) mass is 216 g/mol. The van der Waals surface area contributed by atoms with Gasteiger partial charge in [0.25, 0.3) is 0 Å². The number of hydrogen-bond donors (Lipinski definition) is 0. The van der Waals surface area contributed by atoms with E-state index < -0.39 is 0 Å². The van der Waals surface area contributed by atoms with Gasteiger partial charge in [-0.15, -0.1) is 0 Å². The minimum absolute atomic E-state index is 0.349. The molecule has 0 amide bonds. The van der Waals surface area contributed by atoms with E-state index >= 15 is 0 Å². The maximum Gasteiger partial charge on any atom is 0.161 e. The summed E-state index contributed by atoms with van der Waals surface area (Å²) in [6, 6.07) is 0.349. The van der Waals surface area contributed by atoms with Crippen LogP contribution in [-0.2, 0) is 0 Å². The van der Waals surface area contributed by atoms with Gasteiger partial charge in [0.2, 0.25) is 0 Å². The largest absolute Gasteiger partial charge is 0.245 e. The molecule has 0 bridgehead atoms. The zero-order valence-electron chi connectivity index (χ0n) is 9.72. The summed E-state index contributed by atoms with van der Waals surface area (Å²) in [5, 5.41) is 5.39. The second-order valence-corrected chi connectivity index (χ2v) is 4.82. The van der Waals surface area contributed by atoms with Gasteiger partial charge in [0.15, 0.2) is 5.65 Å². The van der Waals surface area contributed by atoms with E-state index in [1.54, 1.807) is 0 Å². The number of fused-ring (bicyclic) bond motifs is 1. The average Bonchev–Trinajstić information content (AvgIpc) is 2.57. The molecule has 2 heterocycles. The Labute approximate surface area is 94.7 Å². The lowest BCUT2D eigenvalue weighted by Crippen LogP contribution is -2.13. The molecule has 1 fully saturated rings. The van der Waals surface area contributed by atoms with Crippen LogP contribution in [0.4, 0.5) is 0 Å². The Kier molecular flexibility index (Phi) is 2.16. The van der Waals surface area contributed by atoms with Crippen molar-refractivity contribution >= 4 is 11.0 Å². The highest BCUT2D eigenvalue weighted by Crippen LogP contribution is 2.34. The molecule has 16 heavy (non-hydrogen) atoms. The first-order valence-corrected chi connectivity index (χ1v) is 5.96. The second-order valence-electron chi connectivity index (χ2n) is 4.82. The molecule has 1 saturated carbocycles. The van der Waals surface area contributed by atoms with Gasteiger partial charge >= 0.3 is 0 Å². The number of rotatable bonds is 2. The first kappa shape index (κ1) is 9.75. The molecular formula is C12H16N4. The van der Waals surface area contributed by atoms with E-state index in [0.717, 1.165) is 16.9 Å². The predicted molar refractivity (Wildman–Crippen MR) is 62.3 cm³/mol. The Morgan fingerprint density at radius 2 is 2.12 bits per heavy atom. The lowest BCUT2D eigenvalue weighted by Gasteiger charge is -2.23. The third-order valence-corrected chi connectivity index (χ3v) is 3.31. The van der Waals surface area contributed by atoms with Gasteiger partial charge in [-0.25, -0.2) is 14.6 Å². The molecule has 2 aromatic heterocycles. The number of aromatic nitrogens is 4. The van der Waals surface area contributed by atoms with Crippen LogP contribution in [0.15, 0.2) is 12.4 Å². The van der Waals surface area contributed by atoms with Gasteiger partial charge in [0.1, 0.15) is 5.82 Å². The first-order chi connectivity index (χ1) is 7.75. The third kappa shape index (κ3) is 1.40. The third-order valence-electron chi connectivity index (χ3n) is 3.31. The fraction of sp³-hybridized carbons (Fsp3) is 0.583. The van der Waals surface area contributed by atoms with Crippen LogP contribution in [0.2, 0.25) is 0 Å². The molecule has 1 aliphatic carbocycles. The van der Waals surface area contributed by atoms with E-state index in [0.29, 0.717) is 12.0 Å². The minimum Gasteiger partial charge on any atom is -0.245 e. The van der Waals surface area contributed by atoms with Gasteiger partial charge in [-0.05, 0) is 26.7 Å². The summed E-state index contributed by atoms with van der Waals surface area (Å²) in [7, 11) is 0. The molecule has 0 aromatic carbocycles. The highest BCUT2D eigenvalue weighted by Gasteiger charge is 2.23. The van der Waals surface area contributed by atoms with Crippen LogP contribution in [0.5, 0.6) is 0 Å². The summed E-state index contributed by atoms with van der Waals surface area (Å²) >= 11 is 0. The van der Waals surface area contributed by atoms with Crippen molar-refractivity contribution in [1.29, 1.82) is 0 Å². The zero-order valence-corrected chi connectivity index (χ0v) is 9.72. The Morgan fingerprint density at radius 3 is 2.75 bits per heavy atom. The van der Waals surface area contributed by atoms with Gasteiger partial charge in [-0.2, -0.15) is 5.10 Å². The van der Waals surface area contributed by atoms with Crippen LogP contribution in [0.1, 0.15) is 50.9 Å². The lowest BCUT2D eigenvalue weighted by atomic mass is 9.85. The van der Waals surface area contributed by atoms with Crippen molar-refractivity contribution in [3.63, 3.8) is 0 Å². The fourth-order valence-corrected chi connectivity index (χ4v) is 2.09. The van der Waals surface area contributed by atoms with Crippen LogP contribution >= 0.6 is 0 Å². The van der Waals surface area contributed by atoms with E-state index in [9.17, 15) is 0 Å². The summed E-state index contributed by atoms with van der Waals surface area (Å²) in [6.07, 6.45) is 7.54. The Morgan fingerprint density at radius 1 is 1.31 bits per heavy atom. The summed E-state index contributed by atoms with van der Waals surface area (Å²) in [5.74, 6) is 1.58. The fourth-order valence-electron chi connectivity index (χ4n) is 2.09. The molecule has 0 saturated heterocycles. The maximum atomic E-state index is 4.67. The minimum atomic E-state index is 0.349. The Balaban J connectivity index is 2.10. The van der Waals surface area contributed by atoms with E-state index in [1.807, 2.05) is 17.1 Å². The molecule has 0 N–H and O–H groups in total. The van der Waals surface area contributed by atoms with Crippen LogP contribution in [0.3, 0.4) is 0 Å². The molecular weight excluding hydrogens is 200 g/mol. The summed E-state index contributed by atoms with van der Waals surface area (Å²) in [5.41, 5.74) is 0.979. The molecule has 4 nitrogen and oxygen atoms in total. The van der Waals surface area contributed by atoms with Gasteiger partial charge < -0.3 is 0 Å². The normalized spacial score (nSPS) is 16.9. The van der Waals surface area contributed by atoms with Gasteiger partial charge in [0, 0.05) is 18.2 Å². The van der Waals surface area contributed by atoms with Crippen molar-refractivity contribution in [1.82, 2.24) is 19.7 Å². The zero-order chi connectivity index (χ0) is 11.1. The summed E-state index contributed by atoms with van der Waals surface area (Å²) in [4.78, 5) is 9.10. The summed E-state index contributed by atoms with van der Waals surface area (Å²) < 4.78 is 1.97. The highest BCUT2D eigenvalue weighted by molar-refractivity contribution is 5.73. The SMILES string of the molecule is CC(C)n1ncc2cnc(C3CCC3)nc21. The van der Waals surface area contributed by atoms with Crippen LogP contribution < -0.4 is 0 Å². The average molecular weight is 216 g/mol. The molecule has 4 heteroatoms. The molecule has 0 atom stereocenters. The highest BCUT2D eigenvalue weighted by atomic mass is 15.3. The first-order valence-electron chi connectivity index (χ1n) is 5.96. The van der Waals surface area contributed by atoms with Crippen molar-refractivity contribution in [2.75, 3.05) is 0 Å². The van der Waals surface area contributed by atoms with Crippen LogP contribution in [0.25, 0.3) is 11.0 Å². The Hall–Kier alpha value is -1.45. The molecule has 0 spiro atoms. The van der Waals surface area contributed by atoms with E-state index in [2.05, 4.69) is 28.9 Å². The van der Waals surface area contributed by atoms with Crippen molar-refractivity contribution < 1.29 is 0 Å². The Bertz CT molecular complexity index is 511. The van der Waals surface area contributed by atoms with Crippen molar-refractivity contribution in [2.45, 2.75) is 45.1 Å². The summed E-state index contributed by atoms with van der Waals surface area (Å²) in [6.45, 7) is 4.25. The molecule has 3 rings (SSSR count). The van der Waals surface area contributed by atoms with Crippen molar-refractivity contribution in [3.8, 4) is 0 Å². The number of nitrogens with zero attached hydrogens (tertiary/aromatic N) is 4. The standard InChI is InChI=1S/C12H16N4/c1-8(2)16-12-10(7-14-16)6-13-11(15-12)9-4-3-5-9/h6-9H,3-5H2,1-2H3. The molecule has 2 aromatic rings. The van der Waals surface area contributed by atoms with Gasteiger partial charge in [-0.1, -0.05) is 6.42 Å². The molecule has 84 valence electrons. The molecule has 1 aliphatic rings. The maximum absolute atomic E-state index is 4.67. The van der Waals surface area contributed by atoms with Crippen LogP contribution in [0, 0.1) is 0 Å². The van der Waals surface area contributed by atoms with E-state index in [1.165, 1.54) is 19.3 Å². The van der Waals surface area contributed by atoms with Crippen molar-refractivity contribution in [3.05, 3.63) is 18.2 Å². The van der Waals surface area contributed by atoms with Gasteiger partial charge in [0.05, 0.1) is 11.6 Å². The van der Waals surface area contributed by atoms with E-state index in [-0.39, 0.29) is 0 Å². The lowest BCUT2D eigenvalue weighted by molar-refractivity contribution is 0.401. The smallest absolute Gasteiger partial charge is 0.161 e. The van der Waals surface area contributed by atoms with Crippen LogP contribution in [-0.4, -0.2) is 19.7 Å². The topological polar surface area (TPSA) is 43.6 Å². The quantitative estimate of drug-likeness (QED) is 0.775. The van der Waals surface area contributed by atoms with Gasteiger partial charge in [-0.3, -0.25) is 0 Å².